The molecule has 0 aliphatic carbocycles. The van der Waals surface area contributed by atoms with Gasteiger partial charge >= 0.3 is 5.69 Å². The molecule has 0 saturated heterocycles. The predicted octanol–water partition coefficient (Wildman–Crippen LogP) is 0.507. The summed E-state index contributed by atoms with van der Waals surface area (Å²) in [5.41, 5.74) is 1.36. The number of aromatic nitrogens is 2. The quantitative estimate of drug-likeness (QED) is 0.381. The van der Waals surface area contributed by atoms with Crippen molar-refractivity contribution in [2.24, 2.45) is 5.84 Å². The van der Waals surface area contributed by atoms with Crippen LogP contribution in [0.25, 0.3) is 0 Å². The Kier molecular flexibility index (Phi) is 4.34. The summed E-state index contributed by atoms with van der Waals surface area (Å²) in [5, 5.41) is 13.9. The minimum Gasteiger partial charge on any atom is -0.382 e. The minimum atomic E-state index is -0.597. The maximum atomic E-state index is 11.0. The Morgan fingerprint density at radius 1 is 1.50 bits per heavy atom. The fraction of sp³-hybridized carbons (Fsp3) is 0.556. The van der Waals surface area contributed by atoms with E-state index in [2.05, 4.69) is 20.7 Å². The Morgan fingerprint density at radius 3 is 2.61 bits per heavy atom. The molecule has 0 aromatic carbocycles. The number of ether oxygens (including phenoxy) is 1. The van der Waals surface area contributed by atoms with Crippen LogP contribution in [0.2, 0.25) is 0 Å². The van der Waals surface area contributed by atoms with Crippen molar-refractivity contribution in [1.82, 2.24) is 9.97 Å². The third-order valence-electron chi connectivity index (χ3n) is 2.10. The van der Waals surface area contributed by atoms with E-state index in [1.54, 1.807) is 7.11 Å². The van der Waals surface area contributed by atoms with Crippen molar-refractivity contribution in [1.29, 1.82) is 0 Å². The van der Waals surface area contributed by atoms with Crippen molar-refractivity contribution >= 4 is 17.3 Å². The summed E-state index contributed by atoms with van der Waals surface area (Å²) in [7, 11) is 1.55. The summed E-state index contributed by atoms with van der Waals surface area (Å²) in [6, 6.07) is 0. The summed E-state index contributed by atoms with van der Waals surface area (Å²) in [5.74, 6) is 5.22. The highest BCUT2D eigenvalue weighted by molar-refractivity contribution is 5.69. The topological polar surface area (TPSA) is 128 Å². The maximum absolute atomic E-state index is 11.0. The van der Waals surface area contributed by atoms with Gasteiger partial charge in [-0.05, 0) is 13.8 Å². The number of nitrogens with two attached hydrogens (primary N) is 1. The Balaban J connectivity index is 3.12. The number of hydrogen-bond acceptors (Lipinski definition) is 8. The third-order valence-corrected chi connectivity index (χ3v) is 2.10. The molecule has 1 aromatic rings. The molecule has 0 saturated carbocycles. The molecule has 18 heavy (non-hydrogen) atoms. The normalized spacial score (nSPS) is 11.1. The molecule has 0 spiro atoms. The number of hydrogen-bond donors (Lipinski definition) is 3. The van der Waals surface area contributed by atoms with E-state index in [1.807, 2.05) is 13.8 Å². The van der Waals surface area contributed by atoms with E-state index in [1.165, 1.54) is 6.33 Å². The monoisotopic (exact) mass is 256 g/mol. The second kappa shape index (κ2) is 5.56. The van der Waals surface area contributed by atoms with Gasteiger partial charge in [0, 0.05) is 7.11 Å². The van der Waals surface area contributed by atoms with Crippen molar-refractivity contribution in [2.45, 2.75) is 19.4 Å². The molecule has 1 rings (SSSR count). The highest BCUT2D eigenvalue weighted by Crippen LogP contribution is 2.29. The van der Waals surface area contributed by atoms with E-state index in [-0.39, 0.29) is 17.3 Å². The lowest BCUT2D eigenvalue weighted by atomic mass is 10.1. The maximum Gasteiger partial charge on any atom is 0.354 e. The van der Waals surface area contributed by atoms with E-state index >= 15 is 0 Å². The lowest BCUT2D eigenvalue weighted by molar-refractivity contribution is -0.383. The molecular formula is C9H16N6O3. The molecule has 0 bridgehead atoms. The summed E-state index contributed by atoms with van der Waals surface area (Å²) in [4.78, 5) is 18.0. The zero-order chi connectivity index (χ0) is 13.8. The number of nitrogens with one attached hydrogen (secondary N) is 2. The smallest absolute Gasteiger partial charge is 0.354 e. The third kappa shape index (κ3) is 3.25. The molecule has 0 fully saturated rings. The van der Waals surface area contributed by atoms with Crippen LogP contribution in [0, 0.1) is 10.1 Å². The largest absolute Gasteiger partial charge is 0.382 e. The van der Waals surface area contributed by atoms with Gasteiger partial charge in [-0.2, -0.15) is 0 Å². The number of hydrazine groups is 1. The lowest BCUT2D eigenvalue weighted by Crippen LogP contribution is -2.36. The van der Waals surface area contributed by atoms with Crippen molar-refractivity contribution in [2.75, 3.05) is 24.5 Å². The number of nitrogens with zero attached hydrogens (tertiary/aromatic N) is 3. The molecule has 100 valence electrons. The minimum absolute atomic E-state index is 0.0503. The molecule has 1 aromatic heterocycles. The first-order chi connectivity index (χ1) is 8.41. The second-order valence-electron chi connectivity index (χ2n) is 4.26. The zero-order valence-corrected chi connectivity index (χ0v) is 10.4. The fourth-order valence-corrected chi connectivity index (χ4v) is 1.47. The van der Waals surface area contributed by atoms with Gasteiger partial charge in [-0.25, -0.2) is 15.8 Å². The van der Waals surface area contributed by atoms with Gasteiger partial charge in [-0.15, -0.1) is 0 Å². The molecule has 9 heteroatoms. The summed E-state index contributed by atoms with van der Waals surface area (Å²) in [6.07, 6.45) is 1.19. The van der Waals surface area contributed by atoms with Crippen LogP contribution in [0.5, 0.6) is 0 Å². The van der Waals surface area contributed by atoms with Crippen molar-refractivity contribution in [3.8, 4) is 0 Å². The van der Waals surface area contributed by atoms with Gasteiger partial charge in [0.05, 0.1) is 17.1 Å². The fourth-order valence-electron chi connectivity index (χ4n) is 1.47. The molecule has 0 radical (unpaired) electrons. The molecule has 0 amide bonds. The van der Waals surface area contributed by atoms with Gasteiger partial charge in [-0.3, -0.25) is 10.1 Å². The number of methoxy groups -OCH3 is 1. The number of rotatable bonds is 6. The highest BCUT2D eigenvalue weighted by Gasteiger charge is 2.27. The van der Waals surface area contributed by atoms with Gasteiger partial charge in [0.2, 0.25) is 11.6 Å². The molecule has 0 aliphatic rings. The average molecular weight is 256 g/mol. The van der Waals surface area contributed by atoms with Gasteiger partial charge in [-0.1, -0.05) is 0 Å². The Morgan fingerprint density at radius 2 is 2.11 bits per heavy atom. The van der Waals surface area contributed by atoms with E-state index in [0.717, 1.165) is 0 Å². The lowest BCUT2D eigenvalue weighted by Gasteiger charge is -2.25. The first kappa shape index (κ1) is 14.1. The molecule has 4 N–H and O–H groups in total. The number of nitrogen functional groups attached to an aromatic ring is 1. The van der Waals surface area contributed by atoms with Crippen LogP contribution in [0.15, 0.2) is 6.33 Å². The molecule has 0 atom stereocenters. The van der Waals surface area contributed by atoms with Crippen LogP contribution in [0.1, 0.15) is 13.8 Å². The number of nitro groups is 1. The molecule has 0 unspecified atom stereocenters. The van der Waals surface area contributed by atoms with Gasteiger partial charge < -0.3 is 15.5 Å². The second-order valence-corrected chi connectivity index (χ2v) is 4.26. The Bertz CT molecular complexity index is 436. The standard InChI is InChI=1S/C9H16N6O3/c1-9(2,4-18-3)13-7-6(15(16)17)8(14-10)12-5-11-7/h5H,4,10H2,1-3H3,(H2,11,12,13,14). The summed E-state index contributed by atoms with van der Waals surface area (Å²) >= 11 is 0. The summed E-state index contributed by atoms with van der Waals surface area (Å²) in [6.45, 7) is 4.02. The zero-order valence-electron chi connectivity index (χ0n) is 10.4. The Labute approximate surface area is 104 Å². The van der Waals surface area contributed by atoms with Gasteiger partial charge in [0.1, 0.15) is 6.33 Å². The van der Waals surface area contributed by atoms with Crippen LogP contribution in [-0.4, -0.2) is 34.1 Å². The van der Waals surface area contributed by atoms with Crippen molar-refractivity contribution in [3.05, 3.63) is 16.4 Å². The van der Waals surface area contributed by atoms with Crippen LogP contribution in [0.4, 0.5) is 17.3 Å². The Hall–Kier alpha value is -2.00. The molecule has 0 aliphatic heterocycles. The van der Waals surface area contributed by atoms with E-state index < -0.39 is 10.5 Å². The van der Waals surface area contributed by atoms with Gasteiger partial charge in [0.15, 0.2) is 0 Å². The average Bonchev–Trinajstić information content (AvgIpc) is 2.27. The van der Waals surface area contributed by atoms with Crippen LogP contribution >= 0.6 is 0 Å². The van der Waals surface area contributed by atoms with Crippen molar-refractivity contribution in [3.63, 3.8) is 0 Å². The van der Waals surface area contributed by atoms with Crippen LogP contribution in [-0.2, 0) is 4.74 Å². The first-order valence-corrected chi connectivity index (χ1v) is 5.14. The highest BCUT2D eigenvalue weighted by atomic mass is 16.6. The van der Waals surface area contributed by atoms with Crippen LogP contribution in [0.3, 0.4) is 0 Å². The van der Waals surface area contributed by atoms with E-state index in [0.29, 0.717) is 6.61 Å². The van der Waals surface area contributed by atoms with E-state index in [4.69, 9.17) is 10.6 Å². The molecule has 9 nitrogen and oxygen atoms in total. The molecular weight excluding hydrogens is 240 g/mol. The predicted molar refractivity (Wildman–Crippen MR) is 66.1 cm³/mol. The summed E-state index contributed by atoms with van der Waals surface area (Å²) < 4.78 is 5.02. The van der Waals surface area contributed by atoms with E-state index in [9.17, 15) is 10.1 Å². The van der Waals surface area contributed by atoms with Crippen LogP contribution < -0.4 is 16.6 Å². The van der Waals surface area contributed by atoms with Crippen molar-refractivity contribution < 1.29 is 9.66 Å². The van der Waals surface area contributed by atoms with Gasteiger partial charge in [0.25, 0.3) is 0 Å². The first-order valence-electron chi connectivity index (χ1n) is 5.14. The molecule has 1 heterocycles. The number of anilines is 2. The SMILES string of the molecule is COCC(C)(C)Nc1ncnc(NN)c1[N+](=O)[O-].